The van der Waals surface area contributed by atoms with Crippen LogP contribution in [0.4, 0.5) is 5.69 Å². The topological polar surface area (TPSA) is 32.3 Å². The van der Waals surface area contributed by atoms with Crippen LogP contribution in [-0.2, 0) is 4.79 Å². The predicted molar refractivity (Wildman–Crippen MR) is 98.4 cm³/mol. The maximum absolute atomic E-state index is 11.5. The predicted octanol–water partition coefficient (Wildman–Crippen LogP) is 3.75. The van der Waals surface area contributed by atoms with E-state index in [1.54, 1.807) is 0 Å². The molecule has 2 heterocycles. The number of anilines is 1. The highest BCUT2D eigenvalue weighted by molar-refractivity contribution is 5.80. The van der Waals surface area contributed by atoms with Crippen molar-refractivity contribution in [1.82, 2.24) is 5.32 Å². The molecule has 2 aliphatic heterocycles. The lowest BCUT2D eigenvalue weighted by molar-refractivity contribution is -0.119. The van der Waals surface area contributed by atoms with Gasteiger partial charge in [-0.15, -0.1) is 0 Å². The number of hydrogen-bond acceptors (Lipinski definition) is 2. The molecule has 24 heavy (non-hydrogen) atoms. The van der Waals surface area contributed by atoms with E-state index in [0.29, 0.717) is 6.42 Å². The number of nitrogens with zero attached hydrogens (tertiary/aromatic N) is 1. The van der Waals surface area contributed by atoms with Crippen molar-refractivity contribution in [3.63, 3.8) is 0 Å². The largest absolute Gasteiger partial charge is 0.367 e. The Morgan fingerprint density at radius 3 is 2.17 bits per heavy atom. The molecular weight excluding hydrogens is 296 g/mol. The minimum absolute atomic E-state index is 0.0416. The first-order valence-electron chi connectivity index (χ1n) is 8.70. The second-order valence-corrected chi connectivity index (χ2v) is 7.51. The van der Waals surface area contributed by atoms with Gasteiger partial charge in [0.05, 0.1) is 5.54 Å². The molecule has 1 spiro atoms. The van der Waals surface area contributed by atoms with Gasteiger partial charge in [-0.3, -0.25) is 4.79 Å². The Balaban J connectivity index is 1.53. The van der Waals surface area contributed by atoms with Crippen molar-refractivity contribution in [1.29, 1.82) is 0 Å². The second-order valence-electron chi connectivity index (χ2n) is 7.51. The fourth-order valence-electron chi connectivity index (χ4n) is 4.35. The SMILES string of the molecule is Cc1cc(C)c(-c2ccc(N3CC4(CCC(=O)N4)C3)cc2)c(C)c1. The van der Waals surface area contributed by atoms with Crippen molar-refractivity contribution in [3.05, 3.63) is 53.1 Å². The summed E-state index contributed by atoms with van der Waals surface area (Å²) in [7, 11) is 0. The monoisotopic (exact) mass is 320 g/mol. The van der Waals surface area contributed by atoms with Gasteiger partial charge >= 0.3 is 0 Å². The number of carbonyl (C=O) groups excluding carboxylic acids is 1. The number of aryl methyl sites for hydroxylation is 3. The van der Waals surface area contributed by atoms with Gasteiger partial charge in [0.15, 0.2) is 0 Å². The van der Waals surface area contributed by atoms with Crippen LogP contribution in [0.15, 0.2) is 36.4 Å². The average Bonchev–Trinajstić information content (AvgIpc) is 2.88. The van der Waals surface area contributed by atoms with Gasteiger partial charge < -0.3 is 10.2 Å². The van der Waals surface area contributed by atoms with E-state index >= 15 is 0 Å². The summed E-state index contributed by atoms with van der Waals surface area (Å²) in [6.45, 7) is 8.38. The summed E-state index contributed by atoms with van der Waals surface area (Å²) in [5, 5.41) is 3.14. The lowest BCUT2D eigenvalue weighted by Gasteiger charge is -2.49. The van der Waals surface area contributed by atoms with E-state index in [9.17, 15) is 4.79 Å². The highest BCUT2D eigenvalue weighted by atomic mass is 16.2. The van der Waals surface area contributed by atoms with Crippen molar-refractivity contribution in [3.8, 4) is 11.1 Å². The standard InChI is InChI=1S/C21H24N2O/c1-14-10-15(2)20(16(3)11-14)17-4-6-18(7-5-17)23-12-21(13-23)9-8-19(24)22-21/h4-7,10-11H,8-9,12-13H2,1-3H3,(H,22,24). The number of hydrogen-bond donors (Lipinski definition) is 1. The van der Waals surface area contributed by atoms with Crippen molar-refractivity contribution in [2.24, 2.45) is 0 Å². The lowest BCUT2D eigenvalue weighted by Crippen LogP contribution is -2.67. The first-order valence-corrected chi connectivity index (χ1v) is 8.70. The third-order valence-corrected chi connectivity index (χ3v) is 5.42. The third kappa shape index (κ3) is 2.48. The van der Waals surface area contributed by atoms with Crippen LogP contribution in [0.2, 0.25) is 0 Å². The Bertz CT molecular complexity index is 778. The number of rotatable bonds is 2. The molecule has 0 unspecified atom stereocenters. The van der Waals surface area contributed by atoms with E-state index in [0.717, 1.165) is 19.5 Å². The van der Waals surface area contributed by atoms with E-state index in [2.05, 4.69) is 67.4 Å². The van der Waals surface area contributed by atoms with Crippen molar-refractivity contribution in [2.45, 2.75) is 39.2 Å². The van der Waals surface area contributed by atoms with Gasteiger partial charge in [-0.05, 0) is 61.6 Å². The zero-order valence-electron chi connectivity index (χ0n) is 14.6. The molecule has 3 heteroatoms. The van der Waals surface area contributed by atoms with Crippen LogP contribution in [0.3, 0.4) is 0 Å². The van der Waals surface area contributed by atoms with Crippen LogP contribution in [0.25, 0.3) is 11.1 Å². The minimum atomic E-state index is 0.0416. The Hall–Kier alpha value is -2.29. The fraction of sp³-hybridized carbons (Fsp3) is 0.381. The summed E-state index contributed by atoms with van der Waals surface area (Å²) in [4.78, 5) is 13.8. The molecule has 2 fully saturated rings. The third-order valence-electron chi connectivity index (χ3n) is 5.42. The molecule has 124 valence electrons. The molecule has 2 aliphatic rings. The molecule has 2 aromatic rings. The van der Waals surface area contributed by atoms with E-state index in [1.165, 1.54) is 33.5 Å². The maximum atomic E-state index is 11.5. The molecule has 0 aromatic heterocycles. The maximum Gasteiger partial charge on any atom is 0.220 e. The normalized spacial score (nSPS) is 18.6. The first kappa shape index (κ1) is 15.3. The molecule has 0 saturated carbocycles. The molecular formula is C21H24N2O. The molecule has 2 aromatic carbocycles. The van der Waals surface area contributed by atoms with Crippen LogP contribution in [-0.4, -0.2) is 24.5 Å². The molecule has 1 amide bonds. The molecule has 4 rings (SSSR count). The van der Waals surface area contributed by atoms with Gasteiger partial charge in [0.25, 0.3) is 0 Å². The minimum Gasteiger partial charge on any atom is -0.367 e. The lowest BCUT2D eigenvalue weighted by atomic mass is 9.87. The van der Waals surface area contributed by atoms with Crippen molar-refractivity contribution >= 4 is 11.6 Å². The van der Waals surface area contributed by atoms with Gasteiger partial charge in [0.2, 0.25) is 5.91 Å². The molecule has 0 radical (unpaired) electrons. The molecule has 0 bridgehead atoms. The van der Waals surface area contributed by atoms with E-state index in [1.807, 2.05) is 0 Å². The number of nitrogens with one attached hydrogen (secondary N) is 1. The van der Waals surface area contributed by atoms with Gasteiger partial charge in [0, 0.05) is 25.2 Å². The van der Waals surface area contributed by atoms with Crippen LogP contribution < -0.4 is 10.2 Å². The molecule has 0 aliphatic carbocycles. The smallest absolute Gasteiger partial charge is 0.220 e. The summed E-state index contributed by atoms with van der Waals surface area (Å²) in [5.41, 5.74) is 7.88. The molecule has 2 saturated heterocycles. The van der Waals surface area contributed by atoms with E-state index < -0.39 is 0 Å². The van der Waals surface area contributed by atoms with E-state index in [-0.39, 0.29) is 11.4 Å². The van der Waals surface area contributed by atoms with Gasteiger partial charge in [-0.1, -0.05) is 29.8 Å². The van der Waals surface area contributed by atoms with Crippen LogP contribution >= 0.6 is 0 Å². The highest BCUT2D eigenvalue weighted by Gasteiger charge is 2.47. The van der Waals surface area contributed by atoms with Crippen molar-refractivity contribution < 1.29 is 4.79 Å². The van der Waals surface area contributed by atoms with Crippen LogP contribution in [0, 0.1) is 20.8 Å². The molecule has 0 atom stereocenters. The second kappa shape index (κ2) is 5.37. The Labute approximate surface area is 143 Å². The quantitative estimate of drug-likeness (QED) is 0.914. The Kier molecular flexibility index (Phi) is 3.41. The number of amides is 1. The fourth-order valence-corrected chi connectivity index (χ4v) is 4.35. The molecule has 1 N–H and O–H groups in total. The zero-order valence-corrected chi connectivity index (χ0v) is 14.6. The van der Waals surface area contributed by atoms with Gasteiger partial charge in [-0.25, -0.2) is 0 Å². The zero-order chi connectivity index (χ0) is 16.9. The summed E-state index contributed by atoms with van der Waals surface area (Å²) in [6, 6.07) is 13.3. The van der Waals surface area contributed by atoms with Gasteiger partial charge in [-0.2, -0.15) is 0 Å². The summed E-state index contributed by atoms with van der Waals surface area (Å²) in [6.07, 6.45) is 1.65. The van der Waals surface area contributed by atoms with Crippen LogP contribution in [0.5, 0.6) is 0 Å². The van der Waals surface area contributed by atoms with Crippen LogP contribution in [0.1, 0.15) is 29.5 Å². The summed E-state index contributed by atoms with van der Waals surface area (Å²) >= 11 is 0. The summed E-state index contributed by atoms with van der Waals surface area (Å²) in [5.74, 6) is 0.204. The van der Waals surface area contributed by atoms with Crippen molar-refractivity contribution in [2.75, 3.05) is 18.0 Å². The average molecular weight is 320 g/mol. The van der Waals surface area contributed by atoms with E-state index in [4.69, 9.17) is 0 Å². The number of benzene rings is 2. The molecule has 3 nitrogen and oxygen atoms in total. The van der Waals surface area contributed by atoms with Gasteiger partial charge in [0.1, 0.15) is 0 Å². The number of carbonyl (C=O) groups is 1. The first-order chi connectivity index (χ1) is 11.5. The Morgan fingerprint density at radius 2 is 1.62 bits per heavy atom. The summed E-state index contributed by atoms with van der Waals surface area (Å²) < 4.78 is 0. The Morgan fingerprint density at radius 1 is 1.00 bits per heavy atom. The highest BCUT2D eigenvalue weighted by Crippen LogP contribution is 2.36.